The first kappa shape index (κ1) is 38.9. The maximum Gasteiger partial charge on any atom is 0.308 e. The molecule has 2 N–H and O–H groups in total. The van der Waals surface area contributed by atoms with Crippen molar-refractivity contribution in [3.05, 3.63) is 59.7 Å². The molecule has 2 aromatic rings. The smallest absolute Gasteiger partial charge is 0.308 e. The molecule has 2 aromatic carbocycles. The number of carbonyl (C=O) groups excluding carboxylic acids is 2. The van der Waals surface area contributed by atoms with Crippen LogP contribution in [0.2, 0.25) is 0 Å². The molecule has 3 atom stereocenters. The molecule has 0 bridgehead atoms. The predicted molar refractivity (Wildman–Crippen MR) is 171 cm³/mol. The van der Waals surface area contributed by atoms with Crippen molar-refractivity contribution in [2.24, 2.45) is 11.8 Å². The highest BCUT2D eigenvalue weighted by molar-refractivity contribution is 5.71. The van der Waals surface area contributed by atoms with Crippen molar-refractivity contribution >= 4 is 11.9 Å². The first-order valence-corrected chi connectivity index (χ1v) is 15.3. The molecule has 0 saturated heterocycles. The van der Waals surface area contributed by atoms with Crippen LogP contribution in [0.5, 0.6) is 11.5 Å². The fourth-order valence-corrected chi connectivity index (χ4v) is 3.45. The molecule has 9 nitrogen and oxygen atoms in total. The van der Waals surface area contributed by atoms with Gasteiger partial charge in [0.25, 0.3) is 0 Å². The molecule has 0 aliphatic carbocycles. The van der Waals surface area contributed by atoms with E-state index in [-0.39, 0.29) is 55.6 Å². The van der Waals surface area contributed by atoms with E-state index < -0.39 is 24.5 Å². The number of hydrogen-bond acceptors (Lipinski definition) is 9. The molecule has 0 aromatic heterocycles. The first-order chi connectivity index (χ1) is 20.5. The molecule has 0 saturated carbocycles. The van der Waals surface area contributed by atoms with Crippen molar-refractivity contribution < 1.29 is 43.5 Å². The number of esters is 2. The highest BCUT2D eigenvalue weighted by Gasteiger charge is 2.21. The number of aliphatic hydroxyl groups is 2. The number of benzene rings is 2. The van der Waals surface area contributed by atoms with E-state index in [4.69, 9.17) is 23.7 Å². The summed E-state index contributed by atoms with van der Waals surface area (Å²) in [6, 6.07) is 15.4. The Bertz CT molecular complexity index is 1090. The van der Waals surface area contributed by atoms with Gasteiger partial charge in [-0.25, -0.2) is 0 Å². The molecule has 2 rings (SSSR count). The minimum atomic E-state index is -0.940. The topological polar surface area (TPSA) is 121 Å². The van der Waals surface area contributed by atoms with Crippen LogP contribution in [0.25, 0.3) is 0 Å². The van der Waals surface area contributed by atoms with Crippen LogP contribution in [0.4, 0.5) is 0 Å². The minimum absolute atomic E-state index is 0.0425. The van der Waals surface area contributed by atoms with Gasteiger partial charge in [0, 0.05) is 5.92 Å². The second-order valence-corrected chi connectivity index (χ2v) is 12.8. The molecule has 0 amide bonds. The fraction of sp³-hybridized carbons (Fsp3) is 0.600. The molecule has 44 heavy (non-hydrogen) atoms. The number of carbonyl (C=O) groups is 2. The maximum absolute atomic E-state index is 11.7. The summed E-state index contributed by atoms with van der Waals surface area (Å²) < 4.78 is 26.9. The van der Waals surface area contributed by atoms with Crippen LogP contribution < -0.4 is 9.47 Å². The van der Waals surface area contributed by atoms with Crippen molar-refractivity contribution in [2.75, 3.05) is 19.8 Å². The van der Waals surface area contributed by atoms with Crippen LogP contribution in [0, 0.1) is 18.8 Å². The van der Waals surface area contributed by atoms with Gasteiger partial charge in [0.15, 0.2) is 6.29 Å². The summed E-state index contributed by atoms with van der Waals surface area (Å²) in [5, 5.41) is 19.6. The van der Waals surface area contributed by atoms with E-state index in [0.29, 0.717) is 11.5 Å². The van der Waals surface area contributed by atoms with E-state index in [9.17, 15) is 19.8 Å². The van der Waals surface area contributed by atoms with Gasteiger partial charge in [-0.15, -0.1) is 0 Å². The molecule has 0 fully saturated rings. The van der Waals surface area contributed by atoms with E-state index in [1.54, 1.807) is 27.7 Å². The molecule has 0 aliphatic rings. The molecule has 3 unspecified atom stereocenters. The molecule has 0 heterocycles. The van der Waals surface area contributed by atoms with Crippen molar-refractivity contribution in [3.8, 4) is 11.5 Å². The number of ether oxygens (including phenoxy) is 5. The van der Waals surface area contributed by atoms with Crippen molar-refractivity contribution in [2.45, 2.75) is 106 Å². The number of hydrogen-bond donors (Lipinski definition) is 2. The van der Waals surface area contributed by atoms with Crippen LogP contribution in [0.1, 0.15) is 79.9 Å². The predicted octanol–water partition coefficient (Wildman–Crippen LogP) is 6.00. The summed E-state index contributed by atoms with van der Waals surface area (Å²) >= 11 is 0. The summed E-state index contributed by atoms with van der Waals surface area (Å²) in [5.41, 5.74) is 2.44. The Hall–Kier alpha value is -3.14. The van der Waals surface area contributed by atoms with Gasteiger partial charge in [0.2, 0.25) is 0 Å². The average molecular weight is 619 g/mol. The third-order valence-corrected chi connectivity index (χ3v) is 6.17. The normalized spacial score (nSPS) is 13.5. The Morgan fingerprint density at radius 2 is 1.30 bits per heavy atom. The molecular weight excluding hydrogens is 564 g/mol. The maximum atomic E-state index is 11.7. The zero-order valence-corrected chi connectivity index (χ0v) is 28.2. The van der Waals surface area contributed by atoms with Crippen LogP contribution in [-0.2, 0) is 29.2 Å². The SMILES string of the molecule is CC(C)C(=O)OCC(COc1ccc(C(C)(C)C)cc1)OC(O)C(C)C.Cc1ccc(OCC(O)CC(=O)OC(C)C)cc1. The molecule has 0 aliphatic heterocycles. The molecule has 0 spiro atoms. The Morgan fingerprint density at radius 1 is 0.773 bits per heavy atom. The highest BCUT2D eigenvalue weighted by atomic mass is 16.6. The Kier molecular flexibility index (Phi) is 17.0. The van der Waals surface area contributed by atoms with Gasteiger partial charge < -0.3 is 33.9 Å². The van der Waals surface area contributed by atoms with E-state index in [2.05, 4.69) is 20.8 Å². The fourth-order valence-electron chi connectivity index (χ4n) is 3.45. The number of rotatable bonds is 15. The molecule has 248 valence electrons. The summed E-state index contributed by atoms with van der Waals surface area (Å²) in [7, 11) is 0. The van der Waals surface area contributed by atoms with Gasteiger partial charge in [-0.05, 0) is 56.0 Å². The summed E-state index contributed by atoms with van der Waals surface area (Å²) in [6.07, 6.45) is -2.55. The summed E-state index contributed by atoms with van der Waals surface area (Å²) in [4.78, 5) is 23.0. The summed E-state index contributed by atoms with van der Waals surface area (Å²) in [5.74, 6) is 0.399. The van der Waals surface area contributed by atoms with Gasteiger partial charge in [-0.3, -0.25) is 9.59 Å². The van der Waals surface area contributed by atoms with Gasteiger partial charge >= 0.3 is 11.9 Å². The van der Waals surface area contributed by atoms with Gasteiger partial charge in [-0.1, -0.05) is 78.3 Å². The van der Waals surface area contributed by atoms with Gasteiger partial charge in [0.1, 0.15) is 37.4 Å². The summed E-state index contributed by atoms with van der Waals surface area (Å²) in [6.45, 7) is 19.6. The van der Waals surface area contributed by atoms with Crippen LogP contribution in [-0.4, -0.2) is 66.6 Å². The second kappa shape index (κ2) is 19.3. The van der Waals surface area contributed by atoms with Crippen LogP contribution >= 0.6 is 0 Å². The Morgan fingerprint density at radius 3 is 1.77 bits per heavy atom. The van der Waals surface area contributed by atoms with Crippen LogP contribution in [0.3, 0.4) is 0 Å². The quantitative estimate of drug-likeness (QED) is 0.183. The van der Waals surface area contributed by atoms with E-state index >= 15 is 0 Å². The first-order valence-electron chi connectivity index (χ1n) is 15.3. The lowest BCUT2D eigenvalue weighted by Crippen LogP contribution is -2.35. The van der Waals surface area contributed by atoms with Crippen molar-refractivity contribution in [1.82, 2.24) is 0 Å². The Labute approximate surface area is 263 Å². The minimum Gasteiger partial charge on any atom is -0.491 e. The lowest BCUT2D eigenvalue weighted by atomic mass is 9.87. The lowest BCUT2D eigenvalue weighted by molar-refractivity contribution is -0.185. The van der Waals surface area contributed by atoms with E-state index in [1.807, 2.05) is 69.3 Å². The van der Waals surface area contributed by atoms with Gasteiger partial charge in [0.05, 0.1) is 24.5 Å². The monoisotopic (exact) mass is 618 g/mol. The van der Waals surface area contributed by atoms with Crippen molar-refractivity contribution in [1.29, 1.82) is 0 Å². The lowest BCUT2D eigenvalue weighted by Gasteiger charge is -2.24. The third kappa shape index (κ3) is 16.6. The van der Waals surface area contributed by atoms with E-state index in [0.717, 1.165) is 5.56 Å². The largest absolute Gasteiger partial charge is 0.491 e. The zero-order chi connectivity index (χ0) is 33.4. The van der Waals surface area contributed by atoms with Crippen molar-refractivity contribution in [3.63, 3.8) is 0 Å². The average Bonchev–Trinajstić information content (AvgIpc) is 2.93. The zero-order valence-electron chi connectivity index (χ0n) is 28.2. The van der Waals surface area contributed by atoms with Gasteiger partial charge in [-0.2, -0.15) is 0 Å². The number of aryl methyl sites for hydroxylation is 1. The molecule has 0 radical (unpaired) electrons. The number of aliphatic hydroxyl groups excluding tert-OH is 2. The van der Waals surface area contributed by atoms with E-state index in [1.165, 1.54) is 5.56 Å². The van der Waals surface area contributed by atoms with Crippen LogP contribution in [0.15, 0.2) is 48.5 Å². The second-order valence-electron chi connectivity index (χ2n) is 12.8. The Balaban J connectivity index is 0.000000470. The highest BCUT2D eigenvalue weighted by Crippen LogP contribution is 2.24. The standard InChI is InChI=1S/C21H34O5.C14H20O4/c1-14(2)19(22)25-13-18(26-20(23)15(3)4)12-24-17-10-8-16(9-11-17)21(5,6)7;1-10(2)18-14(16)8-12(15)9-17-13-6-4-11(3)5-7-13/h8-11,14-15,18,20,23H,12-13H2,1-7H3;4-7,10,12,15H,8-9H2,1-3H3. The molecule has 9 heteroatoms. The molecular formula is C35H54O9. The third-order valence-electron chi connectivity index (χ3n) is 6.17.